The average Bonchev–Trinajstić information content (AvgIpc) is 3.22. The van der Waals surface area contributed by atoms with Crippen molar-refractivity contribution in [3.8, 4) is 11.5 Å². The van der Waals surface area contributed by atoms with Gasteiger partial charge in [-0.3, -0.25) is 9.69 Å². The van der Waals surface area contributed by atoms with Gasteiger partial charge in [0.25, 0.3) is 0 Å². The van der Waals surface area contributed by atoms with Crippen LogP contribution >= 0.6 is 35.3 Å². The highest BCUT2D eigenvalue weighted by atomic mass is 35.5. The summed E-state index contributed by atoms with van der Waals surface area (Å²) in [6.07, 6.45) is 0.641. The monoisotopic (exact) mass is 547 g/mol. The summed E-state index contributed by atoms with van der Waals surface area (Å²) in [6, 6.07) is 9.37. The molecule has 3 aromatic rings. The van der Waals surface area contributed by atoms with Crippen LogP contribution in [0.2, 0.25) is 5.02 Å². The summed E-state index contributed by atoms with van der Waals surface area (Å²) in [5, 5.41) is 0.867. The molecule has 0 N–H and O–H groups in total. The van der Waals surface area contributed by atoms with Gasteiger partial charge in [0.15, 0.2) is 15.0 Å². The van der Waals surface area contributed by atoms with E-state index >= 15 is 0 Å². The third-order valence-corrected chi connectivity index (χ3v) is 8.07. The second-order valence-corrected chi connectivity index (χ2v) is 10.9. The molecule has 0 unspecified atom stereocenters. The first-order valence-corrected chi connectivity index (χ1v) is 13.0. The van der Waals surface area contributed by atoms with E-state index in [1.54, 1.807) is 24.3 Å². The summed E-state index contributed by atoms with van der Waals surface area (Å²) < 4.78 is 37.0. The fraction of sp³-hybridized carbons (Fsp3) is 0.364. The standard InChI is InChI=1S/C22H26ClN3O5S2.ClH/c1-25(2)12-5-13-26(22-24-20-18(31-4)11-10-17(23)21(20)32-22)19(27)14-33(28,29)16-8-6-15(30-3)7-9-16;/h6-11H,5,12-14H2,1-4H3;1H. The predicted molar refractivity (Wildman–Crippen MR) is 139 cm³/mol. The molecule has 0 aliphatic heterocycles. The van der Waals surface area contributed by atoms with Crippen molar-refractivity contribution in [2.24, 2.45) is 0 Å². The topological polar surface area (TPSA) is 89.0 Å². The maximum Gasteiger partial charge on any atom is 0.244 e. The van der Waals surface area contributed by atoms with Crippen LogP contribution in [0.1, 0.15) is 6.42 Å². The highest BCUT2D eigenvalue weighted by Crippen LogP contribution is 2.39. The largest absolute Gasteiger partial charge is 0.497 e. The van der Waals surface area contributed by atoms with Gasteiger partial charge in [0, 0.05) is 6.54 Å². The molecule has 0 saturated heterocycles. The van der Waals surface area contributed by atoms with Crippen LogP contribution in [0.15, 0.2) is 41.3 Å². The number of thiazole rings is 1. The molecule has 0 saturated carbocycles. The maximum absolute atomic E-state index is 13.3. The first kappa shape index (κ1) is 28.1. The number of benzene rings is 2. The molecule has 0 aliphatic carbocycles. The number of methoxy groups -OCH3 is 2. The normalized spacial score (nSPS) is 11.4. The van der Waals surface area contributed by atoms with E-state index in [1.165, 1.54) is 42.6 Å². The molecule has 0 fully saturated rings. The molecule has 1 aromatic heterocycles. The molecule has 1 heterocycles. The van der Waals surface area contributed by atoms with Crippen LogP contribution in [0.3, 0.4) is 0 Å². The molecule has 0 spiro atoms. The van der Waals surface area contributed by atoms with E-state index in [9.17, 15) is 13.2 Å². The number of hydrogen-bond donors (Lipinski definition) is 0. The third kappa shape index (κ3) is 6.51. The Morgan fingerprint density at radius 2 is 1.74 bits per heavy atom. The van der Waals surface area contributed by atoms with E-state index in [2.05, 4.69) is 4.98 Å². The molecule has 34 heavy (non-hydrogen) atoms. The van der Waals surface area contributed by atoms with Gasteiger partial charge in [-0.2, -0.15) is 0 Å². The molecule has 0 atom stereocenters. The number of rotatable bonds is 10. The molecule has 8 nitrogen and oxygen atoms in total. The summed E-state index contributed by atoms with van der Waals surface area (Å²) >= 11 is 7.57. The van der Waals surface area contributed by atoms with Gasteiger partial charge in [0.05, 0.1) is 28.8 Å². The molecular weight excluding hydrogens is 521 g/mol. The van der Waals surface area contributed by atoms with E-state index in [0.29, 0.717) is 44.8 Å². The summed E-state index contributed by atoms with van der Waals surface area (Å²) in [5.41, 5.74) is 0.536. The predicted octanol–water partition coefficient (Wildman–Crippen LogP) is 4.15. The number of carbonyl (C=O) groups excluding carboxylic acids is 1. The van der Waals surface area contributed by atoms with Crippen LogP contribution in [-0.2, 0) is 14.6 Å². The number of hydrogen-bond acceptors (Lipinski definition) is 8. The van der Waals surface area contributed by atoms with Crippen LogP contribution in [-0.4, -0.2) is 71.4 Å². The highest BCUT2D eigenvalue weighted by molar-refractivity contribution is 7.92. The van der Waals surface area contributed by atoms with E-state index in [0.717, 1.165) is 6.54 Å². The first-order chi connectivity index (χ1) is 15.7. The molecule has 0 bridgehead atoms. The molecule has 3 rings (SSSR count). The minimum Gasteiger partial charge on any atom is -0.497 e. The summed E-state index contributed by atoms with van der Waals surface area (Å²) in [4.78, 5) is 21.3. The second kappa shape index (κ2) is 12.0. The number of anilines is 1. The minimum absolute atomic E-state index is 0. The zero-order valence-electron chi connectivity index (χ0n) is 19.3. The Kier molecular flexibility index (Phi) is 9.96. The molecule has 1 amide bonds. The molecule has 0 radical (unpaired) electrons. The van der Waals surface area contributed by atoms with Gasteiger partial charge in [0.2, 0.25) is 5.91 Å². The van der Waals surface area contributed by atoms with Crippen molar-refractivity contribution >= 4 is 66.4 Å². The fourth-order valence-corrected chi connectivity index (χ4v) is 5.70. The minimum atomic E-state index is -3.86. The number of nitrogens with zero attached hydrogens (tertiary/aromatic N) is 3. The molecule has 2 aromatic carbocycles. The van der Waals surface area contributed by atoms with Crippen molar-refractivity contribution in [1.29, 1.82) is 0 Å². The van der Waals surface area contributed by atoms with Crippen molar-refractivity contribution in [2.45, 2.75) is 11.3 Å². The number of carbonyl (C=O) groups is 1. The Balaban J connectivity index is 0.00000408. The molecule has 186 valence electrons. The maximum atomic E-state index is 13.3. The number of aromatic nitrogens is 1. The van der Waals surface area contributed by atoms with E-state index in [-0.39, 0.29) is 17.3 Å². The summed E-state index contributed by atoms with van der Waals surface area (Å²) in [7, 11) is 3.03. The zero-order chi connectivity index (χ0) is 24.2. The van der Waals surface area contributed by atoms with Gasteiger partial charge in [-0.05, 0) is 63.5 Å². The van der Waals surface area contributed by atoms with E-state index < -0.39 is 21.5 Å². The lowest BCUT2D eigenvalue weighted by atomic mass is 10.3. The fourth-order valence-electron chi connectivity index (χ4n) is 3.20. The lowest BCUT2D eigenvalue weighted by Crippen LogP contribution is -2.37. The van der Waals surface area contributed by atoms with Gasteiger partial charge in [-0.1, -0.05) is 22.9 Å². The quantitative estimate of drug-likeness (QED) is 0.376. The smallest absolute Gasteiger partial charge is 0.244 e. The third-order valence-electron chi connectivity index (χ3n) is 4.92. The first-order valence-electron chi connectivity index (χ1n) is 10.1. The van der Waals surface area contributed by atoms with E-state index in [1.807, 2.05) is 19.0 Å². The van der Waals surface area contributed by atoms with Crippen LogP contribution in [0, 0.1) is 0 Å². The number of halogens is 2. The van der Waals surface area contributed by atoms with Gasteiger partial charge < -0.3 is 14.4 Å². The Labute approximate surface area is 214 Å². The van der Waals surface area contributed by atoms with Crippen LogP contribution in [0.25, 0.3) is 10.2 Å². The van der Waals surface area contributed by atoms with Crippen LogP contribution < -0.4 is 14.4 Å². The van der Waals surface area contributed by atoms with Crippen molar-refractivity contribution in [1.82, 2.24) is 9.88 Å². The molecular formula is C22H27Cl2N3O5S2. The van der Waals surface area contributed by atoms with Crippen molar-refractivity contribution in [3.05, 3.63) is 41.4 Å². The zero-order valence-corrected chi connectivity index (χ0v) is 22.5. The Morgan fingerprint density at radius 1 is 1.06 bits per heavy atom. The van der Waals surface area contributed by atoms with Gasteiger partial charge in [0.1, 0.15) is 22.8 Å². The second-order valence-electron chi connectivity index (χ2n) is 7.56. The van der Waals surface area contributed by atoms with Gasteiger partial charge in [-0.25, -0.2) is 13.4 Å². The van der Waals surface area contributed by atoms with Crippen LogP contribution in [0.4, 0.5) is 5.13 Å². The molecule has 0 aliphatic rings. The highest BCUT2D eigenvalue weighted by Gasteiger charge is 2.27. The number of amides is 1. The Morgan fingerprint density at radius 3 is 2.32 bits per heavy atom. The average molecular weight is 549 g/mol. The lowest BCUT2D eigenvalue weighted by Gasteiger charge is -2.21. The van der Waals surface area contributed by atoms with E-state index in [4.69, 9.17) is 21.1 Å². The Bertz CT molecular complexity index is 1230. The number of fused-ring (bicyclic) bond motifs is 1. The summed E-state index contributed by atoms with van der Waals surface area (Å²) in [5.74, 6) is -0.171. The Hall–Kier alpha value is -2.11. The van der Waals surface area contributed by atoms with Crippen LogP contribution in [0.5, 0.6) is 11.5 Å². The van der Waals surface area contributed by atoms with Gasteiger partial charge in [-0.15, -0.1) is 12.4 Å². The summed E-state index contributed by atoms with van der Waals surface area (Å²) in [6.45, 7) is 1.04. The van der Waals surface area contributed by atoms with Gasteiger partial charge >= 0.3 is 0 Å². The number of sulfone groups is 1. The van der Waals surface area contributed by atoms with Crippen molar-refractivity contribution < 1.29 is 22.7 Å². The lowest BCUT2D eigenvalue weighted by molar-refractivity contribution is -0.116. The van der Waals surface area contributed by atoms with Crippen molar-refractivity contribution in [2.75, 3.05) is 52.1 Å². The SMILES string of the molecule is COc1ccc(S(=O)(=O)CC(=O)N(CCCN(C)C)c2nc3c(OC)ccc(Cl)c3s2)cc1.Cl. The molecule has 12 heteroatoms. The van der Waals surface area contributed by atoms with Crippen molar-refractivity contribution in [3.63, 3.8) is 0 Å². The number of ether oxygens (including phenoxy) is 2.